The Balaban J connectivity index is 1.50. The highest BCUT2D eigenvalue weighted by atomic mass is 16.5. The van der Waals surface area contributed by atoms with Gasteiger partial charge in [-0.25, -0.2) is 0 Å². The molecule has 1 saturated heterocycles. The molecular formula is C24H26N2O4. The molecule has 0 spiro atoms. The summed E-state index contributed by atoms with van der Waals surface area (Å²) in [6.45, 7) is 0. The lowest BCUT2D eigenvalue weighted by molar-refractivity contribution is -0.225. The predicted molar refractivity (Wildman–Crippen MR) is 114 cm³/mol. The van der Waals surface area contributed by atoms with Crippen molar-refractivity contribution in [1.29, 1.82) is 5.41 Å². The zero-order valence-electron chi connectivity index (χ0n) is 16.6. The lowest BCUT2D eigenvalue weighted by Crippen LogP contribution is -2.55. The molecule has 2 fully saturated rings. The first kappa shape index (κ1) is 19.5. The molecule has 2 aliphatic rings. The van der Waals surface area contributed by atoms with Gasteiger partial charge in [0, 0.05) is 17.8 Å². The molecule has 6 nitrogen and oxygen atoms in total. The van der Waals surface area contributed by atoms with E-state index in [-0.39, 0.29) is 0 Å². The van der Waals surface area contributed by atoms with Crippen molar-refractivity contribution < 1.29 is 20.1 Å². The van der Waals surface area contributed by atoms with Crippen LogP contribution in [0.5, 0.6) is 0 Å². The lowest BCUT2D eigenvalue weighted by Gasteiger charge is -2.39. The molecule has 5 rings (SSSR count). The summed E-state index contributed by atoms with van der Waals surface area (Å²) in [5, 5.41) is 39.5. The van der Waals surface area contributed by atoms with Crippen LogP contribution in [0.25, 0.3) is 10.9 Å². The van der Waals surface area contributed by atoms with Gasteiger partial charge in [0.25, 0.3) is 0 Å². The summed E-state index contributed by atoms with van der Waals surface area (Å²) in [7, 11) is 0. The fraction of sp³-hybridized carbons (Fsp3) is 0.375. The summed E-state index contributed by atoms with van der Waals surface area (Å²) in [4.78, 5) is 0. The van der Waals surface area contributed by atoms with Crippen LogP contribution in [0.4, 0.5) is 0 Å². The third kappa shape index (κ3) is 3.36. The summed E-state index contributed by atoms with van der Waals surface area (Å²) in [6.07, 6.45) is 0.299. The van der Waals surface area contributed by atoms with Gasteiger partial charge in [0.2, 0.25) is 0 Å². The van der Waals surface area contributed by atoms with Crippen molar-refractivity contribution in [2.24, 2.45) is 0 Å². The highest BCUT2D eigenvalue weighted by molar-refractivity contribution is 5.84. The molecule has 2 heterocycles. The SMILES string of the molecule is N=C[C@H]1O[C@@H](n2cc(Cc3ccc(C4CC4)cc3)c3ccccc32)[C@H](O)[C@@H](O)[C@@H]1O. The van der Waals surface area contributed by atoms with Crippen molar-refractivity contribution in [2.45, 2.75) is 55.8 Å². The van der Waals surface area contributed by atoms with Gasteiger partial charge in [0.1, 0.15) is 24.4 Å². The van der Waals surface area contributed by atoms with Gasteiger partial charge in [-0.05, 0) is 47.9 Å². The highest BCUT2D eigenvalue weighted by Crippen LogP contribution is 2.40. The summed E-state index contributed by atoms with van der Waals surface area (Å²) in [5.41, 5.74) is 4.58. The molecule has 1 aliphatic carbocycles. The molecule has 1 aliphatic heterocycles. The van der Waals surface area contributed by atoms with Crippen molar-refractivity contribution in [3.63, 3.8) is 0 Å². The predicted octanol–water partition coefficient (Wildman–Crippen LogP) is 2.74. The van der Waals surface area contributed by atoms with E-state index in [0.717, 1.165) is 35.0 Å². The van der Waals surface area contributed by atoms with Crippen LogP contribution in [-0.2, 0) is 11.2 Å². The Morgan fingerprint density at radius 2 is 1.70 bits per heavy atom. The van der Waals surface area contributed by atoms with Crippen LogP contribution in [0, 0.1) is 5.41 Å². The van der Waals surface area contributed by atoms with Crippen LogP contribution < -0.4 is 0 Å². The molecule has 30 heavy (non-hydrogen) atoms. The molecule has 1 saturated carbocycles. The third-order valence-electron chi connectivity index (χ3n) is 6.31. The number of para-hydroxylation sites is 1. The van der Waals surface area contributed by atoms with E-state index < -0.39 is 30.6 Å². The Morgan fingerprint density at radius 1 is 0.967 bits per heavy atom. The van der Waals surface area contributed by atoms with E-state index >= 15 is 0 Å². The number of nitrogens with one attached hydrogen (secondary N) is 1. The van der Waals surface area contributed by atoms with Crippen LogP contribution in [0.2, 0.25) is 0 Å². The molecular weight excluding hydrogens is 380 g/mol. The second-order valence-corrected chi connectivity index (χ2v) is 8.40. The number of aliphatic hydroxyl groups is 3. The lowest BCUT2D eigenvalue weighted by atomic mass is 9.98. The maximum Gasteiger partial charge on any atom is 0.163 e. The average Bonchev–Trinajstić information content (AvgIpc) is 3.56. The topological polar surface area (TPSA) is 98.7 Å². The second kappa shape index (κ2) is 7.63. The zero-order chi connectivity index (χ0) is 20.8. The molecule has 6 heteroatoms. The number of fused-ring (bicyclic) bond motifs is 1. The maximum absolute atomic E-state index is 10.6. The molecule has 156 valence electrons. The van der Waals surface area contributed by atoms with E-state index in [4.69, 9.17) is 10.1 Å². The van der Waals surface area contributed by atoms with Crippen molar-refractivity contribution in [3.05, 3.63) is 71.4 Å². The smallest absolute Gasteiger partial charge is 0.163 e. The quantitative estimate of drug-likeness (QED) is 0.490. The van der Waals surface area contributed by atoms with Crippen LogP contribution in [0.3, 0.4) is 0 Å². The van der Waals surface area contributed by atoms with Crippen LogP contribution >= 0.6 is 0 Å². The van der Waals surface area contributed by atoms with E-state index in [9.17, 15) is 15.3 Å². The van der Waals surface area contributed by atoms with Gasteiger partial charge in [0.05, 0.1) is 5.52 Å². The van der Waals surface area contributed by atoms with Crippen LogP contribution in [0.1, 0.15) is 41.7 Å². The van der Waals surface area contributed by atoms with Crippen molar-refractivity contribution >= 4 is 17.1 Å². The Kier molecular flexibility index (Phi) is 4.95. The van der Waals surface area contributed by atoms with Crippen molar-refractivity contribution in [2.75, 3.05) is 0 Å². The maximum atomic E-state index is 10.6. The molecule has 0 unspecified atom stereocenters. The number of rotatable bonds is 5. The number of ether oxygens (including phenoxy) is 1. The molecule has 2 aromatic carbocycles. The minimum absolute atomic E-state index is 0.731. The number of hydrogen-bond donors (Lipinski definition) is 4. The Labute approximate surface area is 174 Å². The third-order valence-corrected chi connectivity index (χ3v) is 6.31. The summed E-state index contributed by atoms with van der Waals surface area (Å²) in [5.74, 6) is 0.731. The fourth-order valence-corrected chi connectivity index (χ4v) is 4.43. The molecule has 0 radical (unpaired) electrons. The molecule has 3 aromatic rings. The average molecular weight is 406 g/mol. The van der Waals surface area contributed by atoms with Crippen molar-refractivity contribution in [1.82, 2.24) is 4.57 Å². The van der Waals surface area contributed by atoms with Crippen LogP contribution in [0.15, 0.2) is 54.7 Å². The largest absolute Gasteiger partial charge is 0.387 e. The molecule has 0 bridgehead atoms. The summed E-state index contributed by atoms with van der Waals surface area (Å²) < 4.78 is 7.60. The monoisotopic (exact) mass is 406 g/mol. The first-order valence-electron chi connectivity index (χ1n) is 10.4. The Bertz CT molecular complexity index is 1060. The highest BCUT2D eigenvalue weighted by Gasteiger charge is 2.44. The minimum atomic E-state index is -1.39. The number of aliphatic hydroxyl groups excluding tert-OH is 3. The second-order valence-electron chi connectivity index (χ2n) is 8.40. The standard InChI is InChI=1S/C24H26N2O4/c25-12-20-21(27)22(28)23(29)24(30-20)26-13-17(18-3-1-2-4-19(18)26)11-14-5-7-15(8-6-14)16-9-10-16/h1-8,12-13,16,20-25,27-29H,9-11H2/t20-,21-,22+,23-,24-/m1/s1. The van der Waals surface area contributed by atoms with E-state index in [0.29, 0.717) is 0 Å². The zero-order valence-corrected chi connectivity index (χ0v) is 16.6. The number of benzene rings is 2. The van der Waals surface area contributed by atoms with Gasteiger partial charge in [-0.3, -0.25) is 0 Å². The Morgan fingerprint density at radius 3 is 2.40 bits per heavy atom. The van der Waals surface area contributed by atoms with Gasteiger partial charge in [-0.1, -0.05) is 42.5 Å². The fourth-order valence-electron chi connectivity index (χ4n) is 4.43. The molecule has 5 atom stereocenters. The first-order valence-corrected chi connectivity index (χ1v) is 10.4. The van der Waals surface area contributed by atoms with E-state index in [2.05, 4.69) is 24.3 Å². The van der Waals surface area contributed by atoms with E-state index in [1.807, 2.05) is 30.5 Å². The van der Waals surface area contributed by atoms with Gasteiger partial charge >= 0.3 is 0 Å². The van der Waals surface area contributed by atoms with E-state index in [1.54, 1.807) is 4.57 Å². The van der Waals surface area contributed by atoms with Gasteiger partial charge in [0.15, 0.2) is 6.23 Å². The van der Waals surface area contributed by atoms with Gasteiger partial charge in [-0.15, -0.1) is 0 Å². The van der Waals surface area contributed by atoms with Gasteiger partial charge in [-0.2, -0.15) is 0 Å². The molecule has 0 amide bonds. The first-order chi connectivity index (χ1) is 14.6. The summed E-state index contributed by atoms with van der Waals surface area (Å²) >= 11 is 0. The van der Waals surface area contributed by atoms with Gasteiger partial charge < -0.3 is 30.0 Å². The Hall–Kier alpha value is -2.51. The minimum Gasteiger partial charge on any atom is -0.387 e. The van der Waals surface area contributed by atoms with Crippen LogP contribution in [-0.4, -0.2) is 50.5 Å². The van der Waals surface area contributed by atoms with Crippen molar-refractivity contribution in [3.8, 4) is 0 Å². The normalized spacial score (nSPS) is 29.2. The summed E-state index contributed by atoms with van der Waals surface area (Å²) in [6, 6.07) is 16.7. The number of hydrogen-bond acceptors (Lipinski definition) is 5. The number of aromatic nitrogens is 1. The molecule has 4 N–H and O–H groups in total. The number of nitrogens with zero attached hydrogens (tertiary/aromatic N) is 1. The van der Waals surface area contributed by atoms with E-state index in [1.165, 1.54) is 24.0 Å². The molecule has 1 aromatic heterocycles.